The van der Waals surface area contributed by atoms with Gasteiger partial charge in [0.15, 0.2) is 5.82 Å². The van der Waals surface area contributed by atoms with Crippen molar-refractivity contribution in [1.29, 1.82) is 0 Å². The molecule has 35 heavy (non-hydrogen) atoms. The average Bonchev–Trinajstić information content (AvgIpc) is 3.30. The van der Waals surface area contributed by atoms with Crippen LogP contribution in [0.25, 0.3) is 0 Å². The third-order valence-corrected chi connectivity index (χ3v) is 7.61. The van der Waals surface area contributed by atoms with E-state index in [4.69, 9.17) is 10.2 Å². The van der Waals surface area contributed by atoms with Gasteiger partial charge in [-0.15, -0.1) is 20.4 Å². The molecule has 1 unspecified atom stereocenters. The number of aromatic nitrogens is 7. The topological polar surface area (TPSA) is 102 Å². The molecular formula is C27H37N7O. The van der Waals surface area contributed by atoms with E-state index in [2.05, 4.69) is 71.1 Å². The number of carbonyl (C=O) groups is 1. The summed E-state index contributed by atoms with van der Waals surface area (Å²) in [5, 5.41) is 24.1. The maximum atomic E-state index is 13.3. The number of aromatic amines is 1. The van der Waals surface area contributed by atoms with Gasteiger partial charge >= 0.3 is 0 Å². The van der Waals surface area contributed by atoms with Gasteiger partial charge in [-0.3, -0.25) is 4.79 Å². The van der Waals surface area contributed by atoms with E-state index in [1.807, 2.05) is 0 Å². The minimum atomic E-state index is -0.112. The number of hydrogen-bond donors (Lipinski definition) is 1. The first-order valence-corrected chi connectivity index (χ1v) is 13.1. The standard InChI is InChI=1S/C27H37N7O/c1-16(2)9-19-11-21(12-19)26-30-31-27(34(26)23-7-8-23)22(15-25-28-32-33-29-25)14-24(35)13-20-6-5-17(3)10-18(20)4/h5-6,10,16,19,21-23H,7-9,11-15H2,1-4H3,(H,28,29,32,33). The third kappa shape index (κ3) is 5.52. The molecule has 1 aromatic carbocycles. The summed E-state index contributed by atoms with van der Waals surface area (Å²) in [5.74, 6) is 4.77. The molecule has 2 heterocycles. The Hall–Kier alpha value is -2.90. The molecule has 2 aliphatic rings. The number of nitrogens with zero attached hydrogens (tertiary/aromatic N) is 6. The lowest BCUT2D eigenvalue weighted by molar-refractivity contribution is -0.118. The highest BCUT2D eigenvalue weighted by atomic mass is 16.1. The number of tetrazole rings is 1. The molecule has 1 atom stereocenters. The number of Topliss-reactive ketones (excluding diaryl/α,β-unsaturated/α-hetero) is 1. The van der Waals surface area contributed by atoms with Gasteiger partial charge in [-0.05, 0) is 68.9 Å². The fourth-order valence-corrected chi connectivity index (χ4v) is 5.73. The molecule has 2 aliphatic carbocycles. The van der Waals surface area contributed by atoms with Crippen LogP contribution in [0, 0.1) is 25.7 Å². The number of benzene rings is 1. The number of H-pyrrole nitrogens is 1. The van der Waals surface area contributed by atoms with E-state index < -0.39 is 0 Å². The molecule has 0 amide bonds. The largest absolute Gasteiger partial charge is 0.311 e. The van der Waals surface area contributed by atoms with Gasteiger partial charge in [-0.2, -0.15) is 5.21 Å². The maximum Gasteiger partial charge on any atom is 0.175 e. The Morgan fingerprint density at radius 2 is 1.94 bits per heavy atom. The zero-order chi connectivity index (χ0) is 24.5. The SMILES string of the molecule is Cc1ccc(CC(=O)CC(Cc2nn[nH]n2)c2nnc(C3CC(CC(C)C)C3)n2C2CC2)c(C)c1. The summed E-state index contributed by atoms with van der Waals surface area (Å²) in [6.07, 6.45) is 7.35. The van der Waals surface area contributed by atoms with Gasteiger partial charge in [-0.25, -0.2) is 0 Å². The van der Waals surface area contributed by atoms with E-state index in [1.165, 1.54) is 24.8 Å². The molecule has 2 aromatic heterocycles. The van der Waals surface area contributed by atoms with E-state index in [-0.39, 0.29) is 11.7 Å². The Kier molecular flexibility index (Phi) is 6.80. The highest BCUT2D eigenvalue weighted by Gasteiger charge is 2.39. The molecule has 3 aromatic rings. The van der Waals surface area contributed by atoms with E-state index in [1.54, 1.807) is 0 Å². The first kappa shape index (κ1) is 23.8. The van der Waals surface area contributed by atoms with Crippen LogP contribution in [0.1, 0.15) is 104 Å². The third-order valence-electron chi connectivity index (χ3n) is 7.61. The van der Waals surface area contributed by atoms with Crippen LogP contribution >= 0.6 is 0 Å². The first-order valence-electron chi connectivity index (χ1n) is 13.1. The Bertz CT molecular complexity index is 1160. The monoisotopic (exact) mass is 475 g/mol. The molecule has 0 radical (unpaired) electrons. The van der Waals surface area contributed by atoms with E-state index in [0.29, 0.717) is 37.0 Å². The summed E-state index contributed by atoms with van der Waals surface area (Å²) < 4.78 is 2.38. The van der Waals surface area contributed by atoms with Crippen LogP contribution in [0.3, 0.4) is 0 Å². The second-order valence-corrected chi connectivity index (χ2v) is 11.3. The lowest BCUT2D eigenvalue weighted by Gasteiger charge is -2.36. The van der Waals surface area contributed by atoms with Crippen LogP contribution in [-0.4, -0.2) is 41.2 Å². The molecule has 8 nitrogen and oxygen atoms in total. The molecule has 0 spiro atoms. The summed E-state index contributed by atoms with van der Waals surface area (Å²) in [6, 6.07) is 6.75. The quantitative estimate of drug-likeness (QED) is 0.427. The van der Waals surface area contributed by atoms with Gasteiger partial charge < -0.3 is 4.57 Å². The number of carbonyl (C=O) groups excluding carboxylic acids is 1. The second-order valence-electron chi connectivity index (χ2n) is 11.3. The second kappa shape index (κ2) is 9.99. The summed E-state index contributed by atoms with van der Waals surface area (Å²) in [6.45, 7) is 8.76. The molecule has 2 saturated carbocycles. The maximum absolute atomic E-state index is 13.3. The van der Waals surface area contributed by atoms with Gasteiger partial charge in [-0.1, -0.05) is 42.8 Å². The molecule has 0 saturated heterocycles. The van der Waals surface area contributed by atoms with Crippen molar-refractivity contribution < 1.29 is 4.79 Å². The van der Waals surface area contributed by atoms with Crippen molar-refractivity contribution in [1.82, 2.24) is 35.4 Å². The number of aryl methyl sites for hydroxylation is 2. The van der Waals surface area contributed by atoms with Crippen molar-refractivity contribution in [3.63, 3.8) is 0 Å². The van der Waals surface area contributed by atoms with E-state index in [9.17, 15) is 4.79 Å². The van der Waals surface area contributed by atoms with Crippen molar-refractivity contribution in [3.8, 4) is 0 Å². The van der Waals surface area contributed by atoms with Crippen molar-refractivity contribution in [3.05, 3.63) is 52.4 Å². The lowest BCUT2D eigenvalue weighted by atomic mass is 9.71. The highest BCUT2D eigenvalue weighted by molar-refractivity contribution is 5.82. The number of rotatable bonds is 11. The molecular weight excluding hydrogens is 438 g/mol. The Labute approximate surface area is 207 Å². The van der Waals surface area contributed by atoms with Crippen LogP contribution in [0.5, 0.6) is 0 Å². The van der Waals surface area contributed by atoms with Crippen LogP contribution in [0.4, 0.5) is 0 Å². The van der Waals surface area contributed by atoms with Crippen LogP contribution in [-0.2, 0) is 17.6 Å². The zero-order valence-corrected chi connectivity index (χ0v) is 21.4. The van der Waals surface area contributed by atoms with E-state index >= 15 is 0 Å². The van der Waals surface area contributed by atoms with E-state index in [0.717, 1.165) is 47.5 Å². The highest BCUT2D eigenvalue weighted by Crippen LogP contribution is 2.48. The minimum absolute atomic E-state index is 0.112. The normalized spacial score (nSPS) is 20.7. The molecule has 5 rings (SSSR count). The van der Waals surface area contributed by atoms with Crippen LogP contribution in [0.15, 0.2) is 18.2 Å². The Morgan fingerprint density at radius 3 is 2.60 bits per heavy atom. The summed E-state index contributed by atoms with van der Waals surface area (Å²) in [5.41, 5.74) is 3.47. The Balaban J connectivity index is 1.37. The molecule has 1 N–H and O–H groups in total. The number of ketones is 1. The van der Waals surface area contributed by atoms with Crippen molar-refractivity contribution in [2.75, 3.05) is 0 Å². The molecule has 8 heteroatoms. The minimum Gasteiger partial charge on any atom is -0.311 e. The zero-order valence-electron chi connectivity index (χ0n) is 21.4. The summed E-state index contributed by atoms with van der Waals surface area (Å²) >= 11 is 0. The van der Waals surface area contributed by atoms with Gasteiger partial charge in [0.2, 0.25) is 0 Å². The van der Waals surface area contributed by atoms with Crippen LogP contribution < -0.4 is 0 Å². The van der Waals surface area contributed by atoms with Crippen molar-refractivity contribution in [2.45, 2.75) is 96.9 Å². The molecule has 0 bridgehead atoms. The fraction of sp³-hybridized carbons (Fsp3) is 0.630. The summed E-state index contributed by atoms with van der Waals surface area (Å²) in [4.78, 5) is 13.3. The van der Waals surface area contributed by atoms with Gasteiger partial charge in [0, 0.05) is 37.1 Å². The fourth-order valence-electron chi connectivity index (χ4n) is 5.73. The first-order chi connectivity index (χ1) is 16.9. The predicted molar refractivity (Wildman–Crippen MR) is 133 cm³/mol. The van der Waals surface area contributed by atoms with Gasteiger partial charge in [0.25, 0.3) is 0 Å². The van der Waals surface area contributed by atoms with Crippen LogP contribution in [0.2, 0.25) is 0 Å². The van der Waals surface area contributed by atoms with Gasteiger partial charge in [0.05, 0.1) is 0 Å². The average molecular weight is 476 g/mol. The number of nitrogens with one attached hydrogen (secondary N) is 1. The van der Waals surface area contributed by atoms with Crippen molar-refractivity contribution >= 4 is 5.78 Å². The smallest absolute Gasteiger partial charge is 0.175 e. The molecule has 2 fully saturated rings. The predicted octanol–water partition coefficient (Wildman–Crippen LogP) is 4.81. The van der Waals surface area contributed by atoms with Gasteiger partial charge in [0.1, 0.15) is 17.4 Å². The lowest BCUT2D eigenvalue weighted by Crippen LogP contribution is -2.26. The molecule has 0 aliphatic heterocycles. The summed E-state index contributed by atoms with van der Waals surface area (Å²) in [7, 11) is 0. The molecule has 186 valence electrons. The number of hydrogen-bond acceptors (Lipinski definition) is 6. The van der Waals surface area contributed by atoms with Crippen molar-refractivity contribution in [2.24, 2.45) is 11.8 Å². The Morgan fingerprint density at radius 1 is 1.14 bits per heavy atom.